The number of pyridine rings is 1. The molecular formula is C30H36ClFN6O3. The Morgan fingerprint density at radius 2 is 1.85 bits per heavy atom. The first-order valence-electron chi connectivity index (χ1n) is 14.3. The third-order valence-corrected chi connectivity index (χ3v) is 9.30. The highest BCUT2D eigenvalue weighted by molar-refractivity contribution is 6.35. The first-order valence-corrected chi connectivity index (χ1v) is 14.7. The summed E-state index contributed by atoms with van der Waals surface area (Å²) in [5.74, 6) is -0.156. The molecule has 0 aliphatic carbocycles. The average Bonchev–Trinajstić information content (AvgIpc) is 3.30. The van der Waals surface area contributed by atoms with Crippen molar-refractivity contribution >= 4 is 29.2 Å². The lowest BCUT2D eigenvalue weighted by molar-refractivity contribution is -0.128. The number of carbonyl (C=O) groups is 2. The summed E-state index contributed by atoms with van der Waals surface area (Å²) in [5, 5.41) is 0.114. The molecule has 0 bridgehead atoms. The van der Waals surface area contributed by atoms with Crippen molar-refractivity contribution < 1.29 is 18.7 Å². The molecule has 3 atom stereocenters. The van der Waals surface area contributed by atoms with Crippen LogP contribution in [-0.4, -0.2) is 121 Å². The summed E-state index contributed by atoms with van der Waals surface area (Å²) < 4.78 is 21.4. The summed E-state index contributed by atoms with van der Waals surface area (Å²) in [7, 11) is 2.14. The zero-order chi connectivity index (χ0) is 28.8. The molecule has 3 fully saturated rings. The number of hydrogen-bond acceptors (Lipinski definition) is 7. The van der Waals surface area contributed by atoms with Crippen molar-refractivity contribution in [3.63, 3.8) is 0 Å². The van der Waals surface area contributed by atoms with Gasteiger partial charge in [0, 0.05) is 70.0 Å². The minimum atomic E-state index is -0.450. The molecule has 5 heterocycles. The second-order valence-corrected chi connectivity index (χ2v) is 11.8. The summed E-state index contributed by atoms with van der Waals surface area (Å²) >= 11 is 6.92. The molecule has 0 spiro atoms. The quantitative estimate of drug-likeness (QED) is 0.513. The van der Waals surface area contributed by atoms with Crippen LogP contribution in [0.2, 0.25) is 5.02 Å². The number of fused-ring (bicyclic) bond motifs is 2. The van der Waals surface area contributed by atoms with Crippen LogP contribution in [0.1, 0.15) is 23.7 Å². The van der Waals surface area contributed by atoms with E-state index in [0.717, 1.165) is 32.6 Å². The fraction of sp³-hybridized carbons (Fsp3) is 0.500. The van der Waals surface area contributed by atoms with Crippen molar-refractivity contribution in [3.05, 3.63) is 53.3 Å². The molecule has 1 aromatic carbocycles. The Kier molecular flexibility index (Phi) is 7.65. The number of anilines is 1. The van der Waals surface area contributed by atoms with Crippen molar-refractivity contribution in [2.75, 3.05) is 70.9 Å². The van der Waals surface area contributed by atoms with Crippen LogP contribution < -0.4 is 9.64 Å². The molecule has 3 saturated heterocycles. The largest absolute Gasteiger partial charge is 0.489 e. The van der Waals surface area contributed by atoms with E-state index >= 15 is 4.39 Å². The molecule has 4 aliphatic rings. The van der Waals surface area contributed by atoms with Gasteiger partial charge in [0.2, 0.25) is 5.91 Å². The highest BCUT2D eigenvalue weighted by atomic mass is 35.5. The third kappa shape index (κ3) is 5.06. The van der Waals surface area contributed by atoms with Crippen LogP contribution in [0.5, 0.6) is 5.75 Å². The number of nitrogens with zero attached hydrogens (tertiary/aromatic N) is 6. The van der Waals surface area contributed by atoms with Gasteiger partial charge in [0.15, 0.2) is 5.75 Å². The van der Waals surface area contributed by atoms with Crippen molar-refractivity contribution in [2.24, 2.45) is 0 Å². The Bertz CT molecular complexity index is 1370. The summed E-state index contributed by atoms with van der Waals surface area (Å²) in [6.07, 6.45) is 2.22. The van der Waals surface area contributed by atoms with Gasteiger partial charge in [0.05, 0.1) is 11.7 Å². The molecule has 2 amide bonds. The lowest BCUT2D eigenvalue weighted by atomic mass is 10.1. The van der Waals surface area contributed by atoms with E-state index in [4.69, 9.17) is 21.3 Å². The van der Waals surface area contributed by atoms with Gasteiger partial charge in [-0.3, -0.25) is 14.5 Å². The Hall–Kier alpha value is -3.21. The smallest absolute Gasteiger partial charge is 0.261 e. The van der Waals surface area contributed by atoms with Crippen LogP contribution in [0.25, 0.3) is 11.3 Å². The lowest BCUT2D eigenvalue weighted by Gasteiger charge is -2.39. The van der Waals surface area contributed by atoms with Gasteiger partial charge in [-0.2, -0.15) is 0 Å². The van der Waals surface area contributed by atoms with Gasteiger partial charge < -0.3 is 24.3 Å². The average molecular weight is 583 g/mol. The molecule has 218 valence electrons. The van der Waals surface area contributed by atoms with Gasteiger partial charge >= 0.3 is 0 Å². The number of hydrogen-bond donors (Lipinski definition) is 0. The molecule has 2 aromatic rings. The SMILES string of the molecule is C=CC(=O)N1CCN2C(=O)c3c(N4C[C@@H](N5CCN(C)CC5)C[C@@H]4C)nc(-c4ccccc4F)c(Cl)c3OCC2C1. The van der Waals surface area contributed by atoms with E-state index in [1.807, 2.05) is 0 Å². The van der Waals surface area contributed by atoms with Gasteiger partial charge in [-0.05, 0) is 38.6 Å². The van der Waals surface area contributed by atoms with Gasteiger partial charge in [-0.25, -0.2) is 9.37 Å². The summed E-state index contributed by atoms with van der Waals surface area (Å²) in [5.41, 5.74) is 0.821. The van der Waals surface area contributed by atoms with Gasteiger partial charge in [-0.1, -0.05) is 30.3 Å². The van der Waals surface area contributed by atoms with Crippen LogP contribution in [0, 0.1) is 5.82 Å². The standard InChI is InChI=1S/C30H36ClFN6O3/c1-4-24(39)36-13-14-37-21(16-36)18-41-28-25(30(37)40)29(33-27(26(28)31)22-7-5-6-8-23(22)32)38-17-20(15-19(38)2)35-11-9-34(3)10-12-35/h4-8,19-21H,1,9-18H2,2-3H3/t19-,20-,21?/m0/s1. The fourth-order valence-corrected chi connectivity index (χ4v) is 6.86. The molecular weight excluding hydrogens is 547 g/mol. The monoisotopic (exact) mass is 582 g/mol. The maximum atomic E-state index is 15.1. The number of piperazine rings is 2. The zero-order valence-corrected chi connectivity index (χ0v) is 24.3. The minimum absolute atomic E-state index is 0.0970. The molecule has 1 unspecified atom stereocenters. The maximum absolute atomic E-state index is 15.1. The number of rotatable bonds is 4. The van der Waals surface area contributed by atoms with E-state index in [1.165, 1.54) is 12.1 Å². The number of aromatic nitrogens is 1. The van der Waals surface area contributed by atoms with Gasteiger partial charge in [0.25, 0.3) is 5.91 Å². The van der Waals surface area contributed by atoms with E-state index in [2.05, 4.69) is 35.3 Å². The van der Waals surface area contributed by atoms with Crippen LogP contribution >= 0.6 is 11.6 Å². The molecule has 11 heteroatoms. The van der Waals surface area contributed by atoms with E-state index in [1.54, 1.807) is 28.0 Å². The van der Waals surface area contributed by atoms with E-state index in [-0.39, 0.29) is 52.5 Å². The fourth-order valence-electron chi connectivity index (χ4n) is 6.56. The van der Waals surface area contributed by atoms with Crippen molar-refractivity contribution in [2.45, 2.75) is 31.5 Å². The van der Waals surface area contributed by atoms with Gasteiger partial charge in [-0.15, -0.1) is 0 Å². The molecule has 0 N–H and O–H groups in total. The maximum Gasteiger partial charge on any atom is 0.261 e. The third-order valence-electron chi connectivity index (χ3n) is 8.95. The number of carbonyl (C=O) groups excluding carboxylic acids is 2. The number of amides is 2. The molecule has 0 radical (unpaired) electrons. The highest BCUT2D eigenvalue weighted by Crippen LogP contribution is 2.45. The zero-order valence-electron chi connectivity index (χ0n) is 23.6. The topological polar surface area (TPSA) is 72.5 Å². The second-order valence-electron chi connectivity index (χ2n) is 11.5. The van der Waals surface area contributed by atoms with E-state index in [0.29, 0.717) is 43.6 Å². The summed E-state index contributed by atoms with van der Waals surface area (Å²) in [6, 6.07) is 6.42. The number of halogens is 2. The van der Waals surface area contributed by atoms with Crippen molar-refractivity contribution in [1.29, 1.82) is 0 Å². The first-order chi connectivity index (χ1) is 19.8. The number of likely N-dealkylation sites (N-methyl/N-ethyl adjacent to an activating group) is 1. The normalized spacial score (nSPS) is 25.4. The van der Waals surface area contributed by atoms with Gasteiger partial charge in [0.1, 0.15) is 28.8 Å². The number of benzene rings is 1. The minimum Gasteiger partial charge on any atom is -0.489 e. The van der Waals surface area contributed by atoms with Crippen LogP contribution in [0.4, 0.5) is 10.2 Å². The lowest BCUT2D eigenvalue weighted by Crippen LogP contribution is -2.57. The molecule has 0 saturated carbocycles. The number of ether oxygens (including phenoxy) is 1. The van der Waals surface area contributed by atoms with Crippen LogP contribution in [-0.2, 0) is 4.79 Å². The second kappa shape index (κ2) is 11.2. The summed E-state index contributed by atoms with van der Waals surface area (Å²) in [6.45, 7) is 11.7. The van der Waals surface area contributed by atoms with Crippen molar-refractivity contribution in [1.82, 2.24) is 24.6 Å². The first kappa shape index (κ1) is 27.9. The molecule has 41 heavy (non-hydrogen) atoms. The predicted octanol–water partition coefficient (Wildman–Crippen LogP) is 2.99. The molecule has 9 nitrogen and oxygen atoms in total. The Morgan fingerprint density at radius 3 is 2.59 bits per heavy atom. The molecule has 6 rings (SSSR count). The highest BCUT2D eigenvalue weighted by Gasteiger charge is 2.43. The molecule has 1 aromatic heterocycles. The summed E-state index contributed by atoms with van der Waals surface area (Å²) in [4.78, 5) is 42.1. The van der Waals surface area contributed by atoms with Crippen molar-refractivity contribution in [3.8, 4) is 17.0 Å². The Labute approximate surface area is 245 Å². The van der Waals surface area contributed by atoms with E-state index < -0.39 is 5.82 Å². The molecule has 4 aliphatic heterocycles. The van der Waals surface area contributed by atoms with E-state index in [9.17, 15) is 9.59 Å². The van der Waals surface area contributed by atoms with Crippen LogP contribution in [0.15, 0.2) is 36.9 Å². The predicted molar refractivity (Wildman–Crippen MR) is 156 cm³/mol. The van der Waals surface area contributed by atoms with Crippen LogP contribution in [0.3, 0.4) is 0 Å². The Balaban J connectivity index is 1.42. The Morgan fingerprint density at radius 1 is 1.10 bits per heavy atom.